The quantitative estimate of drug-likeness (QED) is 0.771. The molecule has 30 heavy (non-hydrogen) atoms. The van der Waals surface area contributed by atoms with Gasteiger partial charge in [0.05, 0.1) is 0 Å². The smallest absolute Gasteiger partial charge is 0.303 e. The van der Waals surface area contributed by atoms with Crippen molar-refractivity contribution in [3.63, 3.8) is 0 Å². The minimum Gasteiger partial charge on any atom is -0.454 e. The molecule has 4 rings (SSSR count). The summed E-state index contributed by atoms with van der Waals surface area (Å²) in [5, 5.41) is 2.98. The number of ether oxygens (including phenoxy) is 3. The lowest BCUT2D eigenvalue weighted by atomic mass is 9.85. The number of fused-ring (bicyclic) bond motifs is 1. The molecule has 0 aliphatic carbocycles. The van der Waals surface area contributed by atoms with Crippen molar-refractivity contribution < 1.29 is 23.8 Å². The van der Waals surface area contributed by atoms with Crippen molar-refractivity contribution in [1.82, 2.24) is 5.32 Å². The molecule has 0 spiro atoms. The molecule has 0 unspecified atom stereocenters. The van der Waals surface area contributed by atoms with Crippen LogP contribution in [0.3, 0.4) is 0 Å². The van der Waals surface area contributed by atoms with E-state index in [2.05, 4.69) is 11.2 Å². The van der Waals surface area contributed by atoms with Gasteiger partial charge in [-0.3, -0.25) is 14.5 Å². The van der Waals surface area contributed by atoms with E-state index < -0.39 is 11.4 Å². The molecule has 0 radical (unpaired) electrons. The van der Waals surface area contributed by atoms with E-state index >= 15 is 0 Å². The fourth-order valence-corrected chi connectivity index (χ4v) is 3.85. The Kier molecular flexibility index (Phi) is 5.59. The van der Waals surface area contributed by atoms with E-state index in [1.54, 1.807) is 18.2 Å². The number of amides is 2. The van der Waals surface area contributed by atoms with E-state index in [0.29, 0.717) is 49.8 Å². The van der Waals surface area contributed by atoms with Crippen molar-refractivity contribution in [3.8, 4) is 23.8 Å². The molecule has 0 aromatic heterocycles. The topological polar surface area (TPSA) is 77.1 Å². The van der Waals surface area contributed by atoms with Crippen LogP contribution in [0.25, 0.3) is 0 Å². The lowest BCUT2D eigenvalue weighted by Crippen LogP contribution is -2.63. The van der Waals surface area contributed by atoms with Gasteiger partial charge in [0, 0.05) is 44.4 Å². The van der Waals surface area contributed by atoms with Gasteiger partial charge >= 0.3 is 5.91 Å². The monoisotopic (exact) mass is 406 g/mol. The Morgan fingerprint density at radius 3 is 2.53 bits per heavy atom. The van der Waals surface area contributed by atoms with Crippen molar-refractivity contribution in [2.75, 3.05) is 24.9 Å². The van der Waals surface area contributed by atoms with Crippen LogP contribution in [0.2, 0.25) is 0 Å². The molecule has 1 saturated heterocycles. The van der Waals surface area contributed by atoms with Crippen LogP contribution in [0.15, 0.2) is 48.5 Å². The van der Waals surface area contributed by atoms with E-state index in [1.807, 2.05) is 30.3 Å². The molecule has 1 N–H and O–H groups in total. The molecule has 7 heteroatoms. The zero-order valence-corrected chi connectivity index (χ0v) is 16.4. The van der Waals surface area contributed by atoms with Crippen LogP contribution < -0.4 is 19.7 Å². The number of terminal acetylenes is 1. The number of nitrogens with zero attached hydrogens (tertiary/aromatic N) is 1. The highest BCUT2D eigenvalue weighted by molar-refractivity contribution is 6.11. The van der Waals surface area contributed by atoms with Crippen LogP contribution in [-0.4, -0.2) is 37.4 Å². The highest BCUT2D eigenvalue weighted by atomic mass is 16.7. The average molecular weight is 406 g/mol. The molecule has 7 nitrogen and oxygen atoms in total. The van der Waals surface area contributed by atoms with Gasteiger partial charge in [0.25, 0.3) is 0 Å². The molecule has 0 saturated carbocycles. The van der Waals surface area contributed by atoms with E-state index in [0.717, 1.165) is 5.56 Å². The van der Waals surface area contributed by atoms with Gasteiger partial charge in [0.2, 0.25) is 12.7 Å². The lowest BCUT2D eigenvalue weighted by Gasteiger charge is -2.44. The van der Waals surface area contributed by atoms with Crippen LogP contribution in [0.4, 0.5) is 5.69 Å². The second-order valence-corrected chi connectivity index (χ2v) is 7.13. The highest BCUT2D eigenvalue weighted by Crippen LogP contribution is 2.39. The van der Waals surface area contributed by atoms with Crippen LogP contribution in [-0.2, 0) is 20.9 Å². The number of benzene rings is 2. The molecule has 1 fully saturated rings. The molecule has 2 aromatic carbocycles. The minimum absolute atomic E-state index is 0.110. The molecule has 2 aromatic rings. The first-order valence-electron chi connectivity index (χ1n) is 9.74. The molecule has 154 valence electrons. The highest BCUT2D eigenvalue weighted by Gasteiger charge is 2.48. The molecule has 2 aliphatic rings. The Hall–Kier alpha value is -3.50. The molecule has 2 aliphatic heterocycles. The van der Waals surface area contributed by atoms with Gasteiger partial charge in [-0.05, 0) is 23.6 Å². The van der Waals surface area contributed by atoms with Crippen molar-refractivity contribution in [2.45, 2.75) is 24.9 Å². The maximum Gasteiger partial charge on any atom is 0.303 e. The Balaban J connectivity index is 1.69. The fraction of sp³-hybridized carbons (Fsp3) is 0.304. The average Bonchev–Trinajstić information content (AvgIpc) is 3.27. The van der Waals surface area contributed by atoms with Crippen LogP contribution in [0.1, 0.15) is 18.4 Å². The van der Waals surface area contributed by atoms with E-state index in [9.17, 15) is 9.59 Å². The molecule has 0 bridgehead atoms. The fourth-order valence-electron chi connectivity index (χ4n) is 3.85. The summed E-state index contributed by atoms with van der Waals surface area (Å²) in [4.78, 5) is 27.8. The van der Waals surface area contributed by atoms with Gasteiger partial charge in [-0.25, -0.2) is 0 Å². The molecular formula is C23H22N2O5. The van der Waals surface area contributed by atoms with Crippen LogP contribution >= 0.6 is 0 Å². The zero-order valence-electron chi connectivity index (χ0n) is 16.4. The maximum absolute atomic E-state index is 13.5. The number of rotatable bonds is 5. The third kappa shape index (κ3) is 3.70. The predicted molar refractivity (Wildman–Crippen MR) is 110 cm³/mol. The van der Waals surface area contributed by atoms with Gasteiger partial charge in [0.1, 0.15) is 5.54 Å². The van der Waals surface area contributed by atoms with Gasteiger partial charge < -0.3 is 19.5 Å². The van der Waals surface area contributed by atoms with Crippen molar-refractivity contribution in [2.24, 2.45) is 0 Å². The first-order valence-corrected chi connectivity index (χ1v) is 9.74. The largest absolute Gasteiger partial charge is 0.454 e. The number of hydrogen-bond donors (Lipinski definition) is 1. The van der Waals surface area contributed by atoms with Gasteiger partial charge in [0.15, 0.2) is 11.5 Å². The second-order valence-electron chi connectivity index (χ2n) is 7.13. The molecule has 2 amide bonds. The van der Waals surface area contributed by atoms with Gasteiger partial charge in [-0.1, -0.05) is 30.3 Å². The molecule has 0 atom stereocenters. The van der Waals surface area contributed by atoms with Crippen molar-refractivity contribution >= 4 is 17.5 Å². The summed E-state index contributed by atoms with van der Waals surface area (Å²) >= 11 is 0. The molecular weight excluding hydrogens is 384 g/mol. The number of nitrogens with one attached hydrogen (secondary N) is 1. The maximum atomic E-state index is 13.5. The van der Waals surface area contributed by atoms with E-state index in [4.69, 9.17) is 20.6 Å². The van der Waals surface area contributed by atoms with Gasteiger partial charge in [-0.15, -0.1) is 6.42 Å². The Labute approximate surface area is 174 Å². The Morgan fingerprint density at radius 2 is 1.80 bits per heavy atom. The lowest BCUT2D eigenvalue weighted by molar-refractivity contribution is -0.133. The van der Waals surface area contributed by atoms with Crippen molar-refractivity contribution in [1.29, 1.82) is 0 Å². The first-order chi connectivity index (χ1) is 14.6. The zero-order chi connectivity index (χ0) is 21.0. The summed E-state index contributed by atoms with van der Waals surface area (Å²) in [6.07, 6.45) is 6.15. The third-order valence-corrected chi connectivity index (χ3v) is 5.41. The summed E-state index contributed by atoms with van der Waals surface area (Å²) in [5.41, 5.74) is 0.286. The summed E-state index contributed by atoms with van der Waals surface area (Å²) in [7, 11) is 0. The van der Waals surface area contributed by atoms with Gasteiger partial charge in [-0.2, -0.15) is 0 Å². The number of carbonyl (C=O) groups excluding carboxylic acids is 2. The number of hydrogen-bond acceptors (Lipinski definition) is 5. The first kappa shape index (κ1) is 19.8. The second kappa shape index (κ2) is 8.47. The third-order valence-electron chi connectivity index (χ3n) is 5.41. The van der Waals surface area contributed by atoms with Crippen LogP contribution in [0, 0.1) is 12.3 Å². The normalized spacial score (nSPS) is 16.4. The minimum atomic E-state index is -1.16. The number of anilines is 1. The summed E-state index contributed by atoms with van der Waals surface area (Å²) in [6, 6.07) is 14.7. The summed E-state index contributed by atoms with van der Waals surface area (Å²) < 4.78 is 16.3. The van der Waals surface area contributed by atoms with Crippen LogP contribution in [0.5, 0.6) is 11.5 Å². The Morgan fingerprint density at radius 1 is 1.07 bits per heavy atom. The standard InChI is InChI=1S/C23H22N2O5/c1-2-21(26)25(18-8-9-19-20(14-18)30-16-29-19)23(10-12-28-13-11-23)22(27)24-15-17-6-4-3-5-7-17/h1,3-9,14H,10-13,15-16H2,(H,24,27). The summed E-state index contributed by atoms with van der Waals surface area (Å²) in [5.74, 6) is 2.41. The van der Waals surface area contributed by atoms with E-state index in [1.165, 1.54) is 4.90 Å². The number of carbonyl (C=O) groups is 2. The SMILES string of the molecule is C#CC(=O)N(c1ccc2c(c1)OCO2)C1(C(=O)NCc2ccccc2)CCOCC1. The van der Waals surface area contributed by atoms with E-state index in [-0.39, 0.29) is 12.7 Å². The molecule has 2 heterocycles. The van der Waals surface area contributed by atoms with Crippen molar-refractivity contribution in [3.05, 3.63) is 54.1 Å². The Bertz CT molecular complexity index is 977. The summed E-state index contributed by atoms with van der Waals surface area (Å²) in [6.45, 7) is 1.15. The predicted octanol–water partition coefficient (Wildman–Crippen LogP) is 2.25.